The number of nitrogens with zero attached hydrogens (tertiary/aromatic N) is 2. The van der Waals surface area contributed by atoms with Gasteiger partial charge in [-0.2, -0.15) is 0 Å². The third-order valence-electron chi connectivity index (χ3n) is 3.55. The van der Waals surface area contributed by atoms with Crippen molar-refractivity contribution in [3.63, 3.8) is 0 Å². The molecule has 9 heteroatoms. The van der Waals surface area contributed by atoms with E-state index in [0.29, 0.717) is 15.9 Å². The molecule has 0 aliphatic heterocycles. The summed E-state index contributed by atoms with van der Waals surface area (Å²) in [6.07, 6.45) is 1.37. The number of anilines is 1. The Balaban J connectivity index is 2.02. The molecule has 0 saturated carbocycles. The zero-order valence-electron chi connectivity index (χ0n) is 13.4. The SMILES string of the molecule is Cc1ccc(F)cc1-c1nc(NS(=O)(=O)c2ccnc(Br)c2)ccc1Cl. The number of aryl methyl sites for hydroxylation is 1. The molecular formula is C17H12BrClFN3O2S. The van der Waals surface area contributed by atoms with Crippen molar-refractivity contribution in [1.29, 1.82) is 0 Å². The molecule has 0 radical (unpaired) electrons. The van der Waals surface area contributed by atoms with E-state index in [4.69, 9.17) is 11.6 Å². The molecule has 5 nitrogen and oxygen atoms in total. The Morgan fingerprint density at radius 3 is 2.65 bits per heavy atom. The van der Waals surface area contributed by atoms with Crippen LogP contribution in [-0.4, -0.2) is 18.4 Å². The Kier molecular flexibility index (Phi) is 5.27. The van der Waals surface area contributed by atoms with Gasteiger partial charge in [0.05, 0.1) is 15.6 Å². The van der Waals surface area contributed by atoms with E-state index in [9.17, 15) is 12.8 Å². The summed E-state index contributed by atoms with van der Waals surface area (Å²) in [6.45, 7) is 1.79. The Bertz CT molecular complexity index is 1090. The Hall–Kier alpha value is -2.03. The first-order valence-electron chi connectivity index (χ1n) is 7.34. The molecule has 2 heterocycles. The number of rotatable bonds is 4. The molecule has 1 N–H and O–H groups in total. The standard InChI is InChI=1S/C17H12BrClFN3O2S/c1-10-2-3-11(20)8-13(10)17-14(19)4-5-16(22-17)23-26(24,25)12-6-7-21-15(18)9-12/h2-9H,1H3,(H,22,23). The molecule has 0 unspecified atom stereocenters. The third-order valence-corrected chi connectivity index (χ3v) is 5.64. The van der Waals surface area contributed by atoms with Crippen molar-refractivity contribution in [2.75, 3.05) is 4.72 Å². The van der Waals surface area contributed by atoms with E-state index in [1.165, 1.54) is 42.6 Å². The van der Waals surface area contributed by atoms with Crippen LogP contribution in [0.4, 0.5) is 10.2 Å². The van der Waals surface area contributed by atoms with Crippen molar-refractivity contribution in [2.24, 2.45) is 0 Å². The van der Waals surface area contributed by atoms with Gasteiger partial charge in [0, 0.05) is 11.8 Å². The van der Waals surface area contributed by atoms with E-state index in [-0.39, 0.29) is 15.7 Å². The smallest absolute Gasteiger partial charge is 0.263 e. The first-order chi connectivity index (χ1) is 12.3. The molecule has 26 heavy (non-hydrogen) atoms. The van der Waals surface area contributed by atoms with Crippen molar-refractivity contribution >= 4 is 43.4 Å². The van der Waals surface area contributed by atoms with Gasteiger partial charge in [-0.3, -0.25) is 4.72 Å². The zero-order chi connectivity index (χ0) is 18.9. The second-order valence-corrected chi connectivity index (χ2v) is 8.31. The predicted molar refractivity (Wildman–Crippen MR) is 102 cm³/mol. The summed E-state index contributed by atoms with van der Waals surface area (Å²) < 4.78 is 41.4. The third kappa shape index (κ3) is 4.03. The topological polar surface area (TPSA) is 72.0 Å². The lowest BCUT2D eigenvalue weighted by molar-refractivity contribution is 0.600. The summed E-state index contributed by atoms with van der Waals surface area (Å²) >= 11 is 9.32. The van der Waals surface area contributed by atoms with Crippen LogP contribution < -0.4 is 4.72 Å². The Morgan fingerprint density at radius 2 is 1.92 bits per heavy atom. The maximum Gasteiger partial charge on any atom is 0.263 e. The average molecular weight is 457 g/mol. The highest BCUT2D eigenvalue weighted by Crippen LogP contribution is 2.31. The molecule has 134 valence electrons. The minimum atomic E-state index is -3.87. The zero-order valence-corrected chi connectivity index (χ0v) is 16.5. The maximum absolute atomic E-state index is 13.6. The van der Waals surface area contributed by atoms with Crippen molar-refractivity contribution in [3.05, 3.63) is 69.7 Å². The highest BCUT2D eigenvalue weighted by Gasteiger charge is 2.17. The summed E-state index contributed by atoms with van der Waals surface area (Å²) in [4.78, 5) is 8.19. The van der Waals surface area contributed by atoms with E-state index in [1.807, 2.05) is 0 Å². The lowest BCUT2D eigenvalue weighted by atomic mass is 10.0. The van der Waals surface area contributed by atoms with E-state index in [1.54, 1.807) is 13.0 Å². The number of sulfonamides is 1. The fourth-order valence-corrected chi connectivity index (χ4v) is 4.02. The van der Waals surface area contributed by atoms with Gasteiger partial charge in [0.2, 0.25) is 0 Å². The summed E-state index contributed by atoms with van der Waals surface area (Å²) in [5.74, 6) is -0.364. The van der Waals surface area contributed by atoms with Crippen molar-refractivity contribution in [1.82, 2.24) is 9.97 Å². The second kappa shape index (κ2) is 7.30. The molecule has 0 aliphatic carbocycles. The summed E-state index contributed by atoms with van der Waals surface area (Å²) in [5, 5.41) is 0.285. The van der Waals surface area contributed by atoms with Crippen LogP contribution in [0.2, 0.25) is 5.02 Å². The van der Waals surface area contributed by atoms with Crippen LogP contribution in [0.25, 0.3) is 11.3 Å². The van der Waals surface area contributed by atoms with Gasteiger partial charge in [0.1, 0.15) is 16.2 Å². The van der Waals surface area contributed by atoms with Gasteiger partial charge in [-0.15, -0.1) is 0 Å². The van der Waals surface area contributed by atoms with E-state index in [0.717, 1.165) is 5.56 Å². The number of nitrogens with one attached hydrogen (secondary N) is 1. The number of hydrogen-bond acceptors (Lipinski definition) is 4. The van der Waals surface area contributed by atoms with Crippen LogP contribution in [0.15, 0.2) is 58.2 Å². The summed E-state index contributed by atoms with van der Waals surface area (Å²) in [7, 11) is -3.87. The van der Waals surface area contributed by atoms with Crippen molar-refractivity contribution in [2.45, 2.75) is 11.8 Å². The second-order valence-electron chi connectivity index (χ2n) is 5.41. The molecule has 0 amide bonds. The van der Waals surface area contributed by atoms with Gasteiger partial charge >= 0.3 is 0 Å². The van der Waals surface area contributed by atoms with Crippen molar-refractivity contribution < 1.29 is 12.8 Å². The largest absolute Gasteiger partial charge is 0.263 e. The van der Waals surface area contributed by atoms with E-state index >= 15 is 0 Å². The lowest BCUT2D eigenvalue weighted by Gasteiger charge is -2.12. The van der Waals surface area contributed by atoms with Crippen LogP contribution in [0.5, 0.6) is 0 Å². The van der Waals surface area contributed by atoms with Gasteiger partial charge < -0.3 is 0 Å². The molecule has 0 bridgehead atoms. The molecule has 0 spiro atoms. The van der Waals surface area contributed by atoms with Crippen molar-refractivity contribution in [3.8, 4) is 11.3 Å². The highest BCUT2D eigenvalue weighted by molar-refractivity contribution is 9.10. The van der Waals surface area contributed by atoms with Crippen LogP contribution in [0, 0.1) is 12.7 Å². The van der Waals surface area contributed by atoms with Crippen LogP contribution in [0.3, 0.4) is 0 Å². The molecule has 0 aliphatic rings. The normalized spacial score (nSPS) is 11.4. The molecule has 2 aromatic heterocycles. The molecular weight excluding hydrogens is 445 g/mol. The predicted octanol–water partition coefficient (Wildman–Crippen LogP) is 4.81. The first kappa shape index (κ1) is 18.8. The van der Waals surface area contributed by atoms with Gasteiger partial charge in [-0.05, 0) is 64.8 Å². The van der Waals surface area contributed by atoms with Crippen LogP contribution in [-0.2, 0) is 10.0 Å². The number of pyridine rings is 2. The molecule has 3 aromatic rings. The van der Waals surface area contributed by atoms with Gasteiger partial charge in [0.25, 0.3) is 10.0 Å². The summed E-state index contributed by atoms with van der Waals surface area (Å²) in [6, 6.07) is 9.93. The van der Waals surface area contributed by atoms with Gasteiger partial charge in [-0.1, -0.05) is 17.7 Å². The highest BCUT2D eigenvalue weighted by atomic mass is 79.9. The summed E-state index contributed by atoms with van der Waals surface area (Å²) in [5.41, 5.74) is 1.54. The van der Waals surface area contributed by atoms with E-state index in [2.05, 4.69) is 30.6 Å². The molecule has 0 fully saturated rings. The molecule has 0 saturated heterocycles. The Labute approximate surface area is 163 Å². The average Bonchev–Trinajstić information content (AvgIpc) is 2.59. The number of benzene rings is 1. The monoisotopic (exact) mass is 455 g/mol. The first-order valence-corrected chi connectivity index (χ1v) is 9.99. The molecule has 1 aromatic carbocycles. The fraction of sp³-hybridized carbons (Fsp3) is 0.0588. The van der Waals surface area contributed by atoms with Gasteiger partial charge in [-0.25, -0.2) is 22.8 Å². The lowest BCUT2D eigenvalue weighted by Crippen LogP contribution is -2.14. The quantitative estimate of drug-likeness (QED) is 0.572. The number of halogens is 3. The van der Waals surface area contributed by atoms with Crippen LogP contribution >= 0.6 is 27.5 Å². The Morgan fingerprint density at radius 1 is 1.15 bits per heavy atom. The maximum atomic E-state index is 13.6. The fourth-order valence-electron chi connectivity index (χ4n) is 2.29. The molecule has 3 rings (SSSR count). The molecule has 0 atom stereocenters. The number of aromatic nitrogens is 2. The van der Waals surface area contributed by atoms with Crippen LogP contribution in [0.1, 0.15) is 5.56 Å². The van der Waals surface area contributed by atoms with Gasteiger partial charge in [0.15, 0.2) is 0 Å². The number of hydrogen-bond donors (Lipinski definition) is 1. The van der Waals surface area contributed by atoms with E-state index < -0.39 is 15.8 Å². The minimum absolute atomic E-state index is 0.0274. The minimum Gasteiger partial charge on any atom is -0.263 e.